The molecule has 0 saturated heterocycles. The van der Waals surface area contributed by atoms with Crippen molar-refractivity contribution in [1.29, 1.82) is 0 Å². The van der Waals surface area contributed by atoms with E-state index in [1.54, 1.807) is 10.9 Å². The molecule has 2 heterocycles. The minimum Gasteiger partial charge on any atom is -0.297 e. The number of fused-ring (bicyclic) bond motifs is 1. The lowest BCUT2D eigenvalue weighted by Gasteiger charge is -2.27. The number of nitrogens with zero attached hydrogens (tertiary/aromatic N) is 2. The molecule has 102 valence electrons. The molecule has 0 aliphatic heterocycles. The van der Waals surface area contributed by atoms with Crippen LogP contribution in [0.3, 0.4) is 0 Å². The maximum absolute atomic E-state index is 12.5. The van der Waals surface area contributed by atoms with Crippen molar-refractivity contribution in [3.8, 4) is 0 Å². The monoisotopic (exact) mass is 294 g/mol. The van der Waals surface area contributed by atoms with Crippen LogP contribution in [0.4, 0.5) is 0 Å². The Morgan fingerprint density at radius 2 is 2.21 bits per heavy atom. The molecule has 0 spiro atoms. The van der Waals surface area contributed by atoms with Gasteiger partial charge in [0.05, 0.1) is 11.8 Å². The Hall–Kier alpha value is -0.810. The number of hydrogen-bond donors (Lipinski definition) is 1. The Bertz CT molecular complexity index is 653. The second kappa shape index (κ2) is 4.94. The second-order valence-electron chi connectivity index (χ2n) is 5.64. The standard InChI is InChI=1S/C14H18N2OS2/c1-10-6-19-12-11(10)15-9-16(13(12)17)7-14(8-18)4-2-3-5-14/h6,9,18H,2-5,7-8H2,1H3. The van der Waals surface area contributed by atoms with Gasteiger partial charge in [0.25, 0.3) is 5.56 Å². The Morgan fingerprint density at radius 3 is 2.89 bits per heavy atom. The summed E-state index contributed by atoms with van der Waals surface area (Å²) in [5.41, 5.74) is 2.25. The molecule has 0 radical (unpaired) electrons. The first-order valence-electron chi connectivity index (χ1n) is 6.69. The molecule has 5 heteroatoms. The van der Waals surface area contributed by atoms with Crippen LogP contribution in [0.1, 0.15) is 31.2 Å². The van der Waals surface area contributed by atoms with Crippen molar-refractivity contribution in [1.82, 2.24) is 9.55 Å². The molecule has 0 bridgehead atoms. The van der Waals surface area contributed by atoms with E-state index in [4.69, 9.17) is 0 Å². The third-order valence-electron chi connectivity index (χ3n) is 4.23. The summed E-state index contributed by atoms with van der Waals surface area (Å²) >= 11 is 6.01. The van der Waals surface area contributed by atoms with Gasteiger partial charge in [-0.2, -0.15) is 12.6 Å². The smallest absolute Gasteiger partial charge is 0.271 e. The minimum absolute atomic E-state index is 0.108. The molecule has 1 saturated carbocycles. The van der Waals surface area contributed by atoms with Gasteiger partial charge in [-0.25, -0.2) is 4.98 Å². The fraction of sp³-hybridized carbons (Fsp3) is 0.571. The van der Waals surface area contributed by atoms with Gasteiger partial charge in [0.1, 0.15) is 4.70 Å². The number of rotatable bonds is 3. The van der Waals surface area contributed by atoms with Crippen molar-refractivity contribution in [2.75, 3.05) is 5.75 Å². The van der Waals surface area contributed by atoms with E-state index in [-0.39, 0.29) is 11.0 Å². The molecular formula is C14H18N2OS2. The molecule has 1 aliphatic carbocycles. The predicted octanol–water partition coefficient (Wildman–Crippen LogP) is 3.26. The highest BCUT2D eigenvalue weighted by molar-refractivity contribution is 7.80. The summed E-state index contributed by atoms with van der Waals surface area (Å²) in [4.78, 5) is 17.0. The van der Waals surface area contributed by atoms with Crippen molar-refractivity contribution in [2.24, 2.45) is 5.41 Å². The van der Waals surface area contributed by atoms with Gasteiger partial charge < -0.3 is 0 Å². The van der Waals surface area contributed by atoms with Gasteiger partial charge >= 0.3 is 0 Å². The summed E-state index contributed by atoms with van der Waals surface area (Å²) in [6.07, 6.45) is 6.56. The van der Waals surface area contributed by atoms with Crippen molar-refractivity contribution in [2.45, 2.75) is 39.2 Å². The summed E-state index contributed by atoms with van der Waals surface area (Å²) in [6.45, 7) is 2.76. The Kier molecular flexibility index (Phi) is 3.43. The Labute approximate surface area is 122 Å². The van der Waals surface area contributed by atoms with Gasteiger partial charge in [0, 0.05) is 6.54 Å². The van der Waals surface area contributed by atoms with Crippen molar-refractivity contribution < 1.29 is 0 Å². The van der Waals surface area contributed by atoms with E-state index in [1.807, 2.05) is 12.3 Å². The molecule has 2 aromatic rings. The number of aryl methyl sites for hydroxylation is 1. The minimum atomic E-state index is 0.108. The average molecular weight is 294 g/mol. The molecule has 1 aliphatic rings. The van der Waals surface area contributed by atoms with Crippen molar-refractivity contribution in [3.05, 3.63) is 27.6 Å². The first kappa shape index (κ1) is 13.2. The lowest BCUT2D eigenvalue weighted by molar-refractivity contribution is 0.286. The molecule has 3 rings (SSSR count). The largest absolute Gasteiger partial charge is 0.297 e. The number of hydrogen-bond acceptors (Lipinski definition) is 4. The first-order valence-corrected chi connectivity index (χ1v) is 8.21. The topological polar surface area (TPSA) is 34.9 Å². The molecule has 0 atom stereocenters. The second-order valence-corrected chi connectivity index (χ2v) is 6.84. The highest BCUT2D eigenvalue weighted by atomic mass is 32.1. The van der Waals surface area contributed by atoms with Crippen molar-refractivity contribution in [3.63, 3.8) is 0 Å². The van der Waals surface area contributed by atoms with Crippen LogP contribution >= 0.6 is 24.0 Å². The molecular weight excluding hydrogens is 276 g/mol. The van der Waals surface area contributed by atoms with Crippen LogP contribution in [0.2, 0.25) is 0 Å². The molecule has 0 amide bonds. The third-order valence-corrected chi connectivity index (χ3v) is 5.97. The van der Waals surface area contributed by atoms with E-state index in [1.165, 1.54) is 37.0 Å². The lowest BCUT2D eigenvalue weighted by atomic mass is 9.88. The molecule has 19 heavy (non-hydrogen) atoms. The zero-order chi connectivity index (χ0) is 13.5. The van der Waals surface area contributed by atoms with Gasteiger partial charge in [0.15, 0.2) is 0 Å². The molecule has 2 aromatic heterocycles. The number of thiol groups is 1. The normalized spacial score (nSPS) is 18.2. The highest BCUT2D eigenvalue weighted by Crippen LogP contribution is 2.40. The maximum atomic E-state index is 12.5. The van der Waals surface area contributed by atoms with Gasteiger partial charge in [-0.05, 0) is 41.9 Å². The van der Waals surface area contributed by atoms with E-state index in [0.29, 0.717) is 0 Å². The van der Waals surface area contributed by atoms with Crippen LogP contribution < -0.4 is 5.56 Å². The number of thiophene rings is 1. The first-order chi connectivity index (χ1) is 9.15. The fourth-order valence-corrected chi connectivity index (χ4v) is 4.39. The summed E-state index contributed by atoms with van der Waals surface area (Å²) in [6, 6.07) is 0. The van der Waals surface area contributed by atoms with E-state index < -0.39 is 0 Å². The van der Waals surface area contributed by atoms with Gasteiger partial charge in [-0.1, -0.05) is 12.8 Å². The molecule has 1 fully saturated rings. The van der Waals surface area contributed by atoms with Crippen LogP contribution in [0, 0.1) is 12.3 Å². The van der Waals surface area contributed by atoms with E-state index in [9.17, 15) is 4.79 Å². The van der Waals surface area contributed by atoms with E-state index in [2.05, 4.69) is 17.6 Å². The molecule has 0 N–H and O–H groups in total. The average Bonchev–Trinajstić information content (AvgIpc) is 3.02. The van der Waals surface area contributed by atoms with Crippen LogP contribution in [0.5, 0.6) is 0 Å². The van der Waals surface area contributed by atoms with Crippen LogP contribution in [0.25, 0.3) is 10.2 Å². The zero-order valence-electron chi connectivity index (χ0n) is 11.1. The van der Waals surface area contributed by atoms with E-state index >= 15 is 0 Å². The fourth-order valence-electron chi connectivity index (χ4n) is 3.03. The van der Waals surface area contributed by atoms with Crippen LogP contribution in [-0.4, -0.2) is 15.3 Å². The summed E-state index contributed by atoms with van der Waals surface area (Å²) in [5, 5.41) is 2.01. The SMILES string of the molecule is Cc1csc2c(=O)n(CC3(CS)CCCC3)cnc12. The molecule has 0 unspecified atom stereocenters. The van der Waals surface area contributed by atoms with Gasteiger partial charge in [-0.3, -0.25) is 9.36 Å². The number of aromatic nitrogens is 2. The predicted molar refractivity (Wildman–Crippen MR) is 83.4 cm³/mol. The summed E-state index contributed by atoms with van der Waals surface area (Å²) in [5.74, 6) is 0.848. The quantitative estimate of drug-likeness (QED) is 0.882. The Balaban J connectivity index is 2.01. The van der Waals surface area contributed by atoms with Crippen LogP contribution in [0.15, 0.2) is 16.5 Å². The summed E-state index contributed by atoms with van der Waals surface area (Å²) < 4.78 is 2.58. The third kappa shape index (κ3) is 2.23. The highest BCUT2D eigenvalue weighted by Gasteiger charge is 2.33. The zero-order valence-corrected chi connectivity index (χ0v) is 12.8. The van der Waals surface area contributed by atoms with Gasteiger partial charge in [0.2, 0.25) is 0 Å². The maximum Gasteiger partial charge on any atom is 0.271 e. The summed E-state index contributed by atoms with van der Waals surface area (Å²) in [7, 11) is 0. The van der Waals surface area contributed by atoms with E-state index in [0.717, 1.165) is 28.1 Å². The van der Waals surface area contributed by atoms with Crippen molar-refractivity contribution >= 4 is 34.2 Å². The molecule has 0 aromatic carbocycles. The van der Waals surface area contributed by atoms with Crippen LogP contribution in [-0.2, 0) is 6.54 Å². The lowest BCUT2D eigenvalue weighted by Crippen LogP contribution is -2.31. The molecule has 3 nitrogen and oxygen atoms in total. The van der Waals surface area contributed by atoms with Gasteiger partial charge in [-0.15, -0.1) is 11.3 Å². The Morgan fingerprint density at radius 1 is 1.47 bits per heavy atom.